The van der Waals surface area contributed by atoms with Crippen LogP contribution in [-0.4, -0.2) is 47.4 Å². The Morgan fingerprint density at radius 2 is 1.96 bits per heavy atom. The van der Waals surface area contributed by atoms with E-state index in [0.717, 1.165) is 12.1 Å². The smallest absolute Gasteiger partial charge is 0.480 e. The van der Waals surface area contributed by atoms with Gasteiger partial charge < -0.3 is 15.2 Å². The lowest BCUT2D eigenvalue weighted by Crippen LogP contribution is -2.40. The molecular formula is C14H15F3N2O4. The first-order valence-corrected chi connectivity index (χ1v) is 6.87. The number of nitrogens with zero attached hydrogens (tertiary/aromatic N) is 1. The SMILES string of the molecule is O=C(CN1CCC[C@H]1C(=O)O)Nc1ccc(OC(F)(F)F)cc1. The third-order valence-corrected chi connectivity index (χ3v) is 3.37. The van der Waals surface area contributed by atoms with Gasteiger partial charge in [-0.25, -0.2) is 0 Å². The van der Waals surface area contributed by atoms with Gasteiger partial charge >= 0.3 is 12.3 Å². The van der Waals surface area contributed by atoms with Gasteiger partial charge in [0, 0.05) is 5.69 Å². The number of alkyl halides is 3. The molecule has 1 aliphatic heterocycles. The Hall–Kier alpha value is -2.29. The molecule has 2 N–H and O–H groups in total. The van der Waals surface area contributed by atoms with Crippen molar-refractivity contribution in [2.24, 2.45) is 0 Å². The highest BCUT2D eigenvalue weighted by Gasteiger charge is 2.32. The summed E-state index contributed by atoms with van der Waals surface area (Å²) in [5.74, 6) is -1.78. The number of carboxylic acid groups (broad SMARTS) is 1. The van der Waals surface area contributed by atoms with Crippen LogP contribution in [0.15, 0.2) is 24.3 Å². The number of ether oxygens (including phenoxy) is 1. The zero-order valence-corrected chi connectivity index (χ0v) is 12.0. The minimum absolute atomic E-state index is 0.0855. The fourth-order valence-electron chi connectivity index (χ4n) is 2.42. The lowest BCUT2D eigenvalue weighted by molar-refractivity contribution is -0.274. The standard InChI is InChI=1S/C14H15F3N2O4/c15-14(16,17)23-10-5-3-9(4-6-10)18-12(20)8-19-7-1-2-11(19)13(21)22/h3-6,11H,1-2,7-8H2,(H,18,20)(H,21,22)/t11-/m0/s1. The van der Waals surface area contributed by atoms with E-state index < -0.39 is 24.3 Å². The van der Waals surface area contributed by atoms with Crippen molar-refractivity contribution in [3.05, 3.63) is 24.3 Å². The quantitative estimate of drug-likeness (QED) is 0.863. The number of anilines is 1. The number of hydrogen-bond acceptors (Lipinski definition) is 4. The summed E-state index contributed by atoms with van der Waals surface area (Å²) in [4.78, 5) is 24.5. The third-order valence-electron chi connectivity index (χ3n) is 3.37. The first kappa shape index (κ1) is 17.1. The molecule has 23 heavy (non-hydrogen) atoms. The molecule has 0 bridgehead atoms. The Bertz CT molecular complexity index is 574. The largest absolute Gasteiger partial charge is 0.573 e. The molecular weight excluding hydrogens is 317 g/mol. The fourth-order valence-corrected chi connectivity index (χ4v) is 2.42. The van der Waals surface area contributed by atoms with Crippen LogP contribution < -0.4 is 10.1 Å². The normalized spacial score (nSPS) is 18.7. The lowest BCUT2D eigenvalue weighted by atomic mass is 10.2. The van der Waals surface area contributed by atoms with E-state index in [1.807, 2.05) is 0 Å². The van der Waals surface area contributed by atoms with Crippen molar-refractivity contribution < 1.29 is 32.6 Å². The van der Waals surface area contributed by atoms with E-state index in [1.165, 1.54) is 12.1 Å². The number of likely N-dealkylation sites (tertiary alicyclic amines) is 1. The van der Waals surface area contributed by atoms with Gasteiger partial charge in [-0.1, -0.05) is 0 Å². The van der Waals surface area contributed by atoms with Crippen LogP contribution in [0.25, 0.3) is 0 Å². The lowest BCUT2D eigenvalue weighted by Gasteiger charge is -2.20. The first-order chi connectivity index (χ1) is 10.7. The maximum absolute atomic E-state index is 12.0. The number of aliphatic carboxylic acids is 1. The van der Waals surface area contributed by atoms with Gasteiger partial charge in [0.25, 0.3) is 0 Å². The predicted octanol–water partition coefficient (Wildman–Crippen LogP) is 2.07. The molecule has 6 nitrogen and oxygen atoms in total. The number of halogens is 3. The van der Waals surface area contributed by atoms with Crippen LogP contribution in [0.5, 0.6) is 5.75 Å². The highest BCUT2D eigenvalue weighted by atomic mass is 19.4. The summed E-state index contributed by atoms with van der Waals surface area (Å²) in [7, 11) is 0. The Kier molecular flexibility index (Phi) is 5.09. The summed E-state index contributed by atoms with van der Waals surface area (Å²) in [5, 5.41) is 11.5. The number of benzene rings is 1. The van der Waals surface area contributed by atoms with Crippen LogP contribution in [0, 0.1) is 0 Å². The molecule has 1 fully saturated rings. The molecule has 1 aromatic rings. The predicted molar refractivity (Wildman–Crippen MR) is 74.0 cm³/mol. The summed E-state index contributed by atoms with van der Waals surface area (Å²) in [5.41, 5.74) is 0.301. The van der Waals surface area contributed by atoms with E-state index in [4.69, 9.17) is 5.11 Å². The number of carbonyl (C=O) groups excluding carboxylic acids is 1. The van der Waals surface area contributed by atoms with E-state index in [-0.39, 0.29) is 12.3 Å². The van der Waals surface area contributed by atoms with Crippen LogP contribution in [0.2, 0.25) is 0 Å². The van der Waals surface area contributed by atoms with E-state index in [1.54, 1.807) is 4.90 Å². The number of nitrogens with one attached hydrogen (secondary N) is 1. The van der Waals surface area contributed by atoms with E-state index in [2.05, 4.69) is 10.1 Å². The van der Waals surface area contributed by atoms with Gasteiger partial charge in [0.1, 0.15) is 11.8 Å². The molecule has 2 rings (SSSR count). The molecule has 0 radical (unpaired) electrons. The van der Waals surface area contributed by atoms with Crippen molar-refractivity contribution in [3.8, 4) is 5.75 Å². The van der Waals surface area contributed by atoms with Gasteiger partial charge in [-0.05, 0) is 43.7 Å². The van der Waals surface area contributed by atoms with Crippen LogP contribution in [0.3, 0.4) is 0 Å². The second-order valence-corrected chi connectivity index (χ2v) is 5.09. The Balaban J connectivity index is 1.89. The molecule has 0 saturated carbocycles. The van der Waals surface area contributed by atoms with Crippen molar-refractivity contribution in [2.45, 2.75) is 25.2 Å². The molecule has 0 aliphatic carbocycles. The molecule has 1 atom stereocenters. The molecule has 0 unspecified atom stereocenters. The third kappa shape index (κ3) is 5.13. The zero-order valence-electron chi connectivity index (χ0n) is 12.0. The Morgan fingerprint density at radius 1 is 1.30 bits per heavy atom. The fraction of sp³-hybridized carbons (Fsp3) is 0.429. The van der Waals surface area contributed by atoms with Gasteiger partial charge in [-0.3, -0.25) is 14.5 Å². The number of carboxylic acids is 1. The van der Waals surface area contributed by atoms with E-state index in [0.29, 0.717) is 25.1 Å². The second kappa shape index (κ2) is 6.86. The molecule has 1 aliphatic rings. The average Bonchev–Trinajstić information content (AvgIpc) is 2.87. The number of carbonyl (C=O) groups is 2. The van der Waals surface area contributed by atoms with Gasteiger partial charge in [-0.15, -0.1) is 13.2 Å². The minimum atomic E-state index is -4.77. The van der Waals surface area contributed by atoms with Crippen LogP contribution >= 0.6 is 0 Å². The second-order valence-electron chi connectivity index (χ2n) is 5.09. The highest BCUT2D eigenvalue weighted by molar-refractivity contribution is 5.92. The summed E-state index contributed by atoms with van der Waals surface area (Å²) < 4.78 is 39.8. The molecule has 126 valence electrons. The molecule has 0 aromatic heterocycles. The Morgan fingerprint density at radius 3 is 2.52 bits per heavy atom. The van der Waals surface area contributed by atoms with Gasteiger partial charge in [0.2, 0.25) is 5.91 Å². The molecule has 1 saturated heterocycles. The molecule has 1 heterocycles. The molecule has 1 aromatic carbocycles. The van der Waals surface area contributed by atoms with Crippen LogP contribution in [0.1, 0.15) is 12.8 Å². The number of rotatable bonds is 5. The van der Waals surface area contributed by atoms with Crippen molar-refractivity contribution in [2.75, 3.05) is 18.4 Å². The molecule has 9 heteroatoms. The maximum Gasteiger partial charge on any atom is 0.573 e. The average molecular weight is 332 g/mol. The topological polar surface area (TPSA) is 78.9 Å². The molecule has 0 spiro atoms. The van der Waals surface area contributed by atoms with Crippen molar-refractivity contribution in [1.82, 2.24) is 4.90 Å². The number of amides is 1. The van der Waals surface area contributed by atoms with E-state index in [9.17, 15) is 22.8 Å². The monoisotopic (exact) mass is 332 g/mol. The van der Waals surface area contributed by atoms with E-state index >= 15 is 0 Å². The summed E-state index contributed by atoms with van der Waals surface area (Å²) in [6, 6.07) is 4.04. The molecule has 1 amide bonds. The number of hydrogen-bond donors (Lipinski definition) is 2. The first-order valence-electron chi connectivity index (χ1n) is 6.87. The summed E-state index contributed by atoms with van der Waals surface area (Å²) in [6.07, 6.45) is -3.58. The van der Waals surface area contributed by atoms with Crippen molar-refractivity contribution in [1.29, 1.82) is 0 Å². The summed E-state index contributed by atoms with van der Waals surface area (Å²) >= 11 is 0. The van der Waals surface area contributed by atoms with Crippen molar-refractivity contribution in [3.63, 3.8) is 0 Å². The van der Waals surface area contributed by atoms with Crippen molar-refractivity contribution >= 4 is 17.6 Å². The van der Waals surface area contributed by atoms with Gasteiger partial charge in [0.05, 0.1) is 6.54 Å². The Labute approximate surface area is 129 Å². The van der Waals surface area contributed by atoms with Crippen LogP contribution in [0.4, 0.5) is 18.9 Å². The van der Waals surface area contributed by atoms with Crippen LogP contribution in [-0.2, 0) is 9.59 Å². The maximum atomic E-state index is 12.0. The minimum Gasteiger partial charge on any atom is -0.480 e. The zero-order chi connectivity index (χ0) is 17.0. The summed E-state index contributed by atoms with van der Waals surface area (Å²) in [6.45, 7) is 0.431. The van der Waals surface area contributed by atoms with Gasteiger partial charge in [0.15, 0.2) is 0 Å². The van der Waals surface area contributed by atoms with Gasteiger partial charge in [-0.2, -0.15) is 0 Å². The highest BCUT2D eigenvalue weighted by Crippen LogP contribution is 2.24.